The number of benzene rings is 1. The van der Waals surface area contributed by atoms with Gasteiger partial charge in [-0.05, 0) is 43.1 Å². The molecular weight excluding hydrogens is 413 g/mol. The van der Waals surface area contributed by atoms with Crippen LogP contribution in [0.4, 0.5) is 0 Å². The molecule has 0 heterocycles. The number of alkyl halides is 1. The molecule has 3 aliphatic rings. The van der Waals surface area contributed by atoms with Crippen molar-refractivity contribution in [2.24, 2.45) is 23.7 Å². The SMILES string of the molecule is CC(=O)N(C1=CC[C@H]2[C@@H]3C[C@@H]([C@@H](I)[C@@H]3O)[C@@H]12)[C@H](C)c1ccccc1. The van der Waals surface area contributed by atoms with Gasteiger partial charge in [0.15, 0.2) is 0 Å². The maximum absolute atomic E-state index is 12.5. The normalized spacial score (nSPS) is 37.9. The maximum atomic E-state index is 12.5. The fraction of sp³-hybridized carbons (Fsp3) is 0.550. The molecule has 128 valence electrons. The smallest absolute Gasteiger partial charge is 0.224 e. The number of carbonyl (C=O) groups is 1. The molecule has 2 saturated carbocycles. The van der Waals surface area contributed by atoms with Gasteiger partial charge in [-0.1, -0.05) is 59.0 Å². The zero-order chi connectivity index (χ0) is 17.0. The highest BCUT2D eigenvalue weighted by Gasteiger charge is 2.59. The molecule has 0 unspecified atom stereocenters. The average molecular weight is 437 g/mol. The lowest BCUT2D eigenvalue weighted by Crippen LogP contribution is -2.41. The Morgan fingerprint density at radius 2 is 1.96 bits per heavy atom. The molecule has 7 atom stereocenters. The van der Waals surface area contributed by atoms with Crippen molar-refractivity contribution in [2.45, 2.75) is 42.8 Å². The quantitative estimate of drug-likeness (QED) is 0.575. The summed E-state index contributed by atoms with van der Waals surface area (Å²) in [4.78, 5) is 14.5. The molecule has 3 nitrogen and oxygen atoms in total. The number of rotatable bonds is 3. The number of aliphatic hydroxyl groups is 1. The molecule has 0 aliphatic heterocycles. The summed E-state index contributed by atoms with van der Waals surface area (Å²) in [6, 6.07) is 10.3. The van der Waals surface area contributed by atoms with Crippen LogP contribution >= 0.6 is 22.6 Å². The lowest BCUT2D eigenvalue weighted by atomic mass is 9.78. The van der Waals surface area contributed by atoms with Crippen LogP contribution in [0.15, 0.2) is 42.1 Å². The number of halogens is 1. The molecule has 4 heteroatoms. The Bertz CT molecular complexity index is 673. The lowest BCUT2D eigenvalue weighted by molar-refractivity contribution is -0.129. The number of fused-ring (bicyclic) bond motifs is 5. The molecular formula is C20H24INO2. The van der Waals surface area contributed by atoms with Crippen molar-refractivity contribution in [3.63, 3.8) is 0 Å². The van der Waals surface area contributed by atoms with Crippen LogP contribution in [0.2, 0.25) is 0 Å². The Morgan fingerprint density at radius 1 is 1.25 bits per heavy atom. The first kappa shape index (κ1) is 16.6. The fourth-order valence-electron chi connectivity index (χ4n) is 5.40. The van der Waals surface area contributed by atoms with Crippen molar-refractivity contribution in [3.05, 3.63) is 47.7 Å². The van der Waals surface area contributed by atoms with E-state index in [2.05, 4.69) is 47.7 Å². The number of hydrogen-bond donors (Lipinski definition) is 1. The third kappa shape index (κ3) is 2.37. The topological polar surface area (TPSA) is 40.5 Å². The third-order valence-corrected chi connectivity index (χ3v) is 8.08. The van der Waals surface area contributed by atoms with Crippen molar-refractivity contribution in [2.75, 3.05) is 0 Å². The van der Waals surface area contributed by atoms with Crippen molar-refractivity contribution >= 4 is 28.5 Å². The highest BCUT2D eigenvalue weighted by atomic mass is 127. The Balaban J connectivity index is 1.65. The molecule has 1 N–H and O–H groups in total. The van der Waals surface area contributed by atoms with E-state index in [1.807, 2.05) is 23.1 Å². The highest BCUT2D eigenvalue weighted by Crippen LogP contribution is 2.61. The van der Waals surface area contributed by atoms with E-state index in [0.717, 1.165) is 12.8 Å². The van der Waals surface area contributed by atoms with Gasteiger partial charge in [0.1, 0.15) is 0 Å². The fourth-order valence-corrected chi connectivity index (χ4v) is 6.67. The molecule has 24 heavy (non-hydrogen) atoms. The molecule has 3 aliphatic carbocycles. The predicted molar refractivity (Wildman–Crippen MR) is 102 cm³/mol. The van der Waals surface area contributed by atoms with Gasteiger partial charge in [-0.15, -0.1) is 0 Å². The van der Waals surface area contributed by atoms with Crippen LogP contribution in [0.1, 0.15) is 38.3 Å². The van der Waals surface area contributed by atoms with Gasteiger partial charge in [0, 0.05) is 22.5 Å². The Kier molecular flexibility index (Phi) is 4.23. The summed E-state index contributed by atoms with van der Waals surface area (Å²) >= 11 is 2.43. The van der Waals surface area contributed by atoms with Crippen molar-refractivity contribution < 1.29 is 9.90 Å². The van der Waals surface area contributed by atoms with Crippen LogP contribution in [0.25, 0.3) is 0 Å². The zero-order valence-electron chi connectivity index (χ0n) is 14.1. The Morgan fingerprint density at radius 3 is 2.62 bits per heavy atom. The highest BCUT2D eigenvalue weighted by molar-refractivity contribution is 14.1. The van der Waals surface area contributed by atoms with Gasteiger partial charge in [0.05, 0.1) is 12.1 Å². The molecule has 0 spiro atoms. The van der Waals surface area contributed by atoms with Crippen LogP contribution in [0, 0.1) is 23.7 Å². The van der Waals surface area contributed by atoms with E-state index in [0.29, 0.717) is 27.6 Å². The summed E-state index contributed by atoms with van der Waals surface area (Å²) in [7, 11) is 0. The van der Waals surface area contributed by atoms with Gasteiger partial charge in [0.25, 0.3) is 0 Å². The molecule has 2 bridgehead atoms. The molecule has 4 rings (SSSR count). The van der Waals surface area contributed by atoms with Crippen molar-refractivity contribution in [1.29, 1.82) is 0 Å². The number of nitrogens with zero attached hydrogens (tertiary/aromatic N) is 1. The number of allylic oxidation sites excluding steroid dienone is 2. The van der Waals surface area contributed by atoms with Crippen LogP contribution < -0.4 is 0 Å². The number of carbonyl (C=O) groups excluding carboxylic acids is 1. The molecule has 1 aromatic rings. The van der Waals surface area contributed by atoms with Gasteiger partial charge in [0.2, 0.25) is 5.91 Å². The number of amides is 1. The van der Waals surface area contributed by atoms with Crippen molar-refractivity contribution in [1.82, 2.24) is 4.90 Å². The summed E-state index contributed by atoms with van der Waals surface area (Å²) < 4.78 is 0.316. The third-order valence-electron chi connectivity index (χ3n) is 6.42. The second kappa shape index (κ2) is 6.13. The van der Waals surface area contributed by atoms with E-state index < -0.39 is 0 Å². The zero-order valence-corrected chi connectivity index (χ0v) is 16.3. The summed E-state index contributed by atoms with van der Waals surface area (Å²) in [5, 5.41) is 10.4. The summed E-state index contributed by atoms with van der Waals surface area (Å²) in [6.07, 6.45) is 4.23. The minimum absolute atomic E-state index is 0.0467. The largest absolute Gasteiger partial charge is 0.392 e. The van der Waals surface area contributed by atoms with Gasteiger partial charge < -0.3 is 10.0 Å². The number of aliphatic hydroxyl groups excluding tert-OH is 1. The van der Waals surface area contributed by atoms with Crippen LogP contribution in [0.5, 0.6) is 0 Å². The second-order valence-corrected chi connectivity index (χ2v) is 8.97. The monoisotopic (exact) mass is 437 g/mol. The maximum Gasteiger partial charge on any atom is 0.224 e. The Hall–Kier alpha value is -0.880. The van der Waals surface area contributed by atoms with E-state index >= 15 is 0 Å². The molecule has 0 aromatic heterocycles. The minimum atomic E-state index is -0.165. The second-order valence-electron chi connectivity index (χ2n) is 7.53. The van der Waals surface area contributed by atoms with Crippen molar-refractivity contribution in [3.8, 4) is 0 Å². The first-order chi connectivity index (χ1) is 11.5. The first-order valence-electron chi connectivity index (χ1n) is 8.87. The van der Waals surface area contributed by atoms with Gasteiger partial charge in [-0.25, -0.2) is 0 Å². The molecule has 0 radical (unpaired) electrons. The molecule has 0 saturated heterocycles. The van der Waals surface area contributed by atoms with E-state index in [-0.39, 0.29) is 18.1 Å². The average Bonchev–Trinajstić information content (AvgIpc) is 3.22. The van der Waals surface area contributed by atoms with E-state index in [4.69, 9.17) is 0 Å². The summed E-state index contributed by atoms with van der Waals surface area (Å²) in [5.74, 6) is 2.00. The van der Waals surface area contributed by atoms with Gasteiger partial charge in [-0.3, -0.25) is 4.79 Å². The molecule has 2 fully saturated rings. The van der Waals surface area contributed by atoms with E-state index in [1.54, 1.807) is 6.92 Å². The molecule has 1 amide bonds. The standard InChI is InChI=1S/C20H24INO2/c1-11(13-6-4-3-5-7-13)22(12(2)23)17-9-8-14-15-10-16(18(14)17)19(21)20(15)24/h3-7,9,11,14-16,18-20,24H,8,10H2,1-2H3/t11-,14+,15+,16-,18+,19-,20-/m1/s1. The summed E-state index contributed by atoms with van der Waals surface area (Å²) in [5.41, 5.74) is 2.39. The first-order valence-corrected chi connectivity index (χ1v) is 10.1. The van der Waals surface area contributed by atoms with Crippen LogP contribution in [0.3, 0.4) is 0 Å². The van der Waals surface area contributed by atoms with Gasteiger partial charge in [-0.2, -0.15) is 0 Å². The minimum Gasteiger partial charge on any atom is -0.392 e. The van der Waals surface area contributed by atoms with Crippen LogP contribution in [-0.2, 0) is 4.79 Å². The summed E-state index contributed by atoms with van der Waals surface area (Å²) in [6.45, 7) is 3.80. The van der Waals surface area contributed by atoms with Gasteiger partial charge >= 0.3 is 0 Å². The van der Waals surface area contributed by atoms with E-state index in [1.165, 1.54) is 11.3 Å². The lowest BCUT2D eigenvalue weighted by Gasteiger charge is -2.39. The number of hydrogen-bond acceptors (Lipinski definition) is 2. The van der Waals surface area contributed by atoms with Crippen LogP contribution in [-0.4, -0.2) is 25.9 Å². The Labute approximate surface area is 157 Å². The van der Waals surface area contributed by atoms with E-state index in [9.17, 15) is 9.90 Å². The molecule has 1 aromatic carbocycles. The predicted octanol–water partition coefficient (Wildman–Crippen LogP) is 3.93.